The molecule has 1 N–H and O–H groups in total. The summed E-state index contributed by atoms with van der Waals surface area (Å²) in [6.07, 6.45) is 0. The highest BCUT2D eigenvalue weighted by molar-refractivity contribution is 6.09. The minimum atomic E-state index is -1.11. The first-order valence-corrected chi connectivity index (χ1v) is 7.44. The fourth-order valence-corrected chi connectivity index (χ4v) is 2.87. The van der Waals surface area contributed by atoms with Crippen LogP contribution in [0.2, 0.25) is 0 Å². The molecule has 0 radical (unpaired) electrons. The lowest BCUT2D eigenvalue weighted by Crippen LogP contribution is -1.98. The molecule has 1 aliphatic rings. The minimum absolute atomic E-state index is 0.0387. The van der Waals surface area contributed by atoms with Crippen molar-refractivity contribution in [1.29, 1.82) is 0 Å². The number of furan rings is 1. The van der Waals surface area contributed by atoms with Crippen molar-refractivity contribution in [3.05, 3.63) is 35.9 Å². The first-order chi connectivity index (χ1) is 12.1. The Balaban J connectivity index is 1.99. The van der Waals surface area contributed by atoms with Gasteiger partial charge in [-0.2, -0.15) is 0 Å². The van der Waals surface area contributed by atoms with E-state index in [1.54, 1.807) is 37.4 Å². The van der Waals surface area contributed by atoms with E-state index < -0.39 is 5.97 Å². The molecule has 0 bridgehead atoms. The predicted molar refractivity (Wildman–Crippen MR) is 87.8 cm³/mol. The Hall–Kier alpha value is -3.35. The Kier molecular flexibility index (Phi) is 3.42. The van der Waals surface area contributed by atoms with E-state index in [1.807, 2.05) is 0 Å². The van der Waals surface area contributed by atoms with Gasteiger partial charge in [0.2, 0.25) is 6.79 Å². The fraction of sp³-hybridized carbons (Fsp3) is 0.167. The molecule has 4 rings (SSSR count). The number of carboxylic acid groups (broad SMARTS) is 1. The lowest BCUT2D eigenvalue weighted by Gasteiger charge is -2.09. The van der Waals surface area contributed by atoms with Crippen molar-refractivity contribution in [2.75, 3.05) is 21.0 Å². The summed E-state index contributed by atoms with van der Waals surface area (Å²) in [6, 6.07) is 8.32. The van der Waals surface area contributed by atoms with Gasteiger partial charge in [0.15, 0.2) is 17.3 Å². The minimum Gasteiger partial charge on any atom is -0.497 e. The molecule has 7 heteroatoms. The van der Waals surface area contributed by atoms with E-state index in [2.05, 4.69) is 0 Å². The molecule has 1 aliphatic heterocycles. The standard InChI is InChI=1S/C18H14O7/c1-21-9-3-4-10(12(5-9)22-2)17-16(18(19)20)11-6-14-15(24-8-23-14)7-13(11)25-17/h3-7H,8H2,1-2H3,(H,19,20). The number of carbonyl (C=O) groups is 1. The summed E-state index contributed by atoms with van der Waals surface area (Å²) in [5.41, 5.74) is 0.949. The normalized spacial score (nSPS) is 12.4. The summed E-state index contributed by atoms with van der Waals surface area (Å²) < 4.78 is 27.1. The first-order valence-electron chi connectivity index (χ1n) is 7.44. The smallest absolute Gasteiger partial charge is 0.340 e. The lowest BCUT2D eigenvalue weighted by atomic mass is 10.0. The maximum absolute atomic E-state index is 11.9. The molecular weight excluding hydrogens is 328 g/mol. The topological polar surface area (TPSA) is 87.4 Å². The van der Waals surface area contributed by atoms with E-state index in [0.29, 0.717) is 39.5 Å². The van der Waals surface area contributed by atoms with Crippen molar-refractivity contribution in [2.24, 2.45) is 0 Å². The van der Waals surface area contributed by atoms with E-state index >= 15 is 0 Å². The summed E-state index contributed by atoms with van der Waals surface area (Å²) in [5, 5.41) is 10.2. The summed E-state index contributed by atoms with van der Waals surface area (Å²) in [4.78, 5) is 11.9. The van der Waals surface area contributed by atoms with Crippen molar-refractivity contribution in [3.8, 4) is 34.3 Å². The third kappa shape index (κ3) is 2.32. The van der Waals surface area contributed by atoms with Gasteiger partial charge in [-0.3, -0.25) is 0 Å². The van der Waals surface area contributed by atoms with Gasteiger partial charge >= 0.3 is 5.97 Å². The van der Waals surface area contributed by atoms with Crippen molar-refractivity contribution in [1.82, 2.24) is 0 Å². The van der Waals surface area contributed by atoms with Gasteiger partial charge in [0.05, 0.1) is 19.8 Å². The molecule has 0 fully saturated rings. The molecule has 0 saturated carbocycles. The molecule has 25 heavy (non-hydrogen) atoms. The average Bonchev–Trinajstić information content (AvgIpc) is 3.22. The summed E-state index contributed by atoms with van der Waals surface area (Å²) >= 11 is 0. The number of hydrogen-bond donors (Lipinski definition) is 1. The fourth-order valence-electron chi connectivity index (χ4n) is 2.87. The average molecular weight is 342 g/mol. The molecule has 0 aliphatic carbocycles. The second-order valence-electron chi connectivity index (χ2n) is 5.38. The van der Waals surface area contributed by atoms with E-state index in [0.717, 1.165) is 0 Å². The Labute approximate surface area is 142 Å². The van der Waals surface area contributed by atoms with Crippen LogP contribution < -0.4 is 18.9 Å². The molecule has 3 aromatic rings. The summed E-state index contributed by atoms with van der Waals surface area (Å²) in [5.74, 6) is 1.14. The van der Waals surface area contributed by atoms with Gasteiger partial charge in [0.1, 0.15) is 22.6 Å². The molecule has 2 heterocycles. The Morgan fingerprint density at radius 1 is 1.08 bits per heavy atom. The largest absolute Gasteiger partial charge is 0.497 e. The van der Waals surface area contributed by atoms with Gasteiger partial charge < -0.3 is 28.5 Å². The van der Waals surface area contributed by atoms with Crippen molar-refractivity contribution < 1.29 is 33.3 Å². The second-order valence-corrected chi connectivity index (χ2v) is 5.38. The predicted octanol–water partition coefficient (Wildman–Crippen LogP) is 3.54. The third-order valence-electron chi connectivity index (χ3n) is 4.05. The molecule has 0 atom stereocenters. The quantitative estimate of drug-likeness (QED) is 0.776. The maximum atomic E-state index is 11.9. The van der Waals surface area contributed by atoms with E-state index in [-0.39, 0.29) is 18.1 Å². The Bertz CT molecular complexity index is 987. The van der Waals surface area contributed by atoms with Gasteiger partial charge in [0.25, 0.3) is 0 Å². The van der Waals surface area contributed by atoms with Crippen LogP contribution >= 0.6 is 0 Å². The van der Waals surface area contributed by atoms with Crippen LogP contribution in [-0.4, -0.2) is 32.1 Å². The van der Waals surface area contributed by atoms with Crippen LogP contribution in [0.3, 0.4) is 0 Å². The highest BCUT2D eigenvalue weighted by Crippen LogP contribution is 2.44. The highest BCUT2D eigenvalue weighted by Gasteiger charge is 2.27. The van der Waals surface area contributed by atoms with Crippen LogP contribution in [0.1, 0.15) is 10.4 Å². The van der Waals surface area contributed by atoms with Crippen molar-refractivity contribution >= 4 is 16.9 Å². The zero-order valence-corrected chi connectivity index (χ0v) is 13.5. The van der Waals surface area contributed by atoms with Crippen LogP contribution in [0.4, 0.5) is 0 Å². The number of rotatable bonds is 4. The number of hydrogen-bond acceptors (Lipinski definition) is 6. The number of methoxy groups -OCH3 is 2. The van der Waals surface area contributed by atoms with Gasteiger partial charge in [-0.1, -0.05) is 0 Å². The number of fused-ring (bicyclic) bond motifs is 2. The first kappa shape index (κ1) is 15.2. The van der Waals surface area contributed by atoms with Gasteiger partial charge in [-0.15, -0.1) is 0 Å². The van der Waals surface area contributed by atoms with Crippen molar-refractivity contribution in [3.63, 3.8) is 0 Å². The monoisotopic (exact) mass is 342 g/mol. The zero-order chi connectivity index (χ0) is 17.6. The van der Waals surface area contributed by atoms with Crippen LogP contribution in [0.25, 0.3) is 22.3 Å². The second kappa shape index (κ2) is 5.62. The van der Waals surface area contributed by atoms with Gasteiger partial charge in [0, 0.05) is 17.5 Å². The number of ether oxygens (including phenoxy) is 4. The lowest BCUT2D eigenvalue weighted by molar-refractivity contribution is 0.0699. The number of carboxylic acids is 1. The molecule has 0 saturated heterocycles. The zero-order valence-electron chi connectivity index (χ0n) is 13.5. The van der Waals surface area contributed by atoms with Crippen LogP contribution in [0.5, 0.6) is 23.0 Å². The molecule has 0 amide bonds. The van der Waals surface area contributed by atoms with Gasteiger partial charge in [-0.25, -0.2) is 4.79 Å². The summed E-state index contributed by atoms with van der Waals surface area (Å²) in [6.45, 7) is 0.101. The molecule has 0 unspecified atom stereocenters. The SMILES string of the molecule is COc1ccc(-c2oc3cc4c(cc3c2C(=O)O)OCO4)c(OC)c1. The summed E-state index contributed by atoms with van der Waals surface area (Å²) in [7, 11) is 3.04. The van der Waals surface area contributed by atoms with Gasteiger partial charge in [-0.05, 0) is 18.2 Å². The maximum Gasteiger partial charge on any atom is 0.340 e. The molecular formula is C18H14O7. The number of benzene rings is 2. The Morgan fingerprint density at radius 2 is 1.84 bits per heavy atom. The molecule has 1 aromatic heterocycles. The van der Waals surface area contributed by atoms with Crippen LogP contribution in [0.15, 0.2) is 34.7 Å². The van der Waals surface area contributed by atoms with Crippen molar-refractivity contribution in [2.45, 2.75) is 0 Å². The number of aromatic carboxylic acids is 1. The van der Waals surface area contributed by atoms with Crippen LogP contribution in [-0.2, 0) is 0 Å². The molecule has 7 nitrogen and oxygen atoms in total. The molecule has 2 aromatic carbocycles. The van der Waals surface area contributed by atoms with E-state index in [9.17, 15) is 9.90 Å². The Morgan fingerprint density at radius 3 is 2.52 bits per heavy atom. The highest BCUT2D eigenvalue weighted by atomic mass is 16.7. The molecule has 128 valence electrons. The molecule has 0 spiro atoms. The van der Waals surface area contributed by atoms with Crippen LogP contribution in [0, 0.1) is 0 Å². The third-order valence-corrected chi connectivity index (χ3v) is 4.05. The van der Waals surface area contributed by atoms with E-state index in [1.165, 1.54) is 7.11 Å². The van der Waals surface area contributed by atoms with E-state index in [4.69, 9.17) is 23.4 Å².